The van der Waals surface area contributed by atoms with Crippen molar-refractivity contribution in [2.45, 2.75) is 25.2 Å². The summed E-state index contributed by atoms with van der Waals surface area (Å²) >= 11 is 1.61. The maximum atomic E-state index is 12.3. The van der Waals surface area contributed by atoms with Gasteiger partial charge >= 0.3 is 0 Å². The quantitative estimate of drug-likeness (QED) is 0.633. The van der Waals surface area contributed by atoms with Crippen LogP contribution >= 0.6 is 11.3 Å². The molecule has 10 heteroatoms. The Morgan fingerprint density at radius 2 is 2.26 bits per heavy atom. The Labute approximate surface area is 158 Å². The lowest BCUT2D eigenvalue weighted by Crippen LogP contribution is -2.34. The Morgan fingerprint density at radius 3 is 3.07 bits per heavy atom. The third-order valence-electron chi connectivity index (χ3n) is 4.24. The second-order valence-corrected chi connectivity index (χ2v) is 7.01. The molecule has 1 unspecified atom stereocenters. The van der Waals surface area contributed by atoms with E-state index in [-0.39, 0.29) is 5.92 Å². The molecule has 27 heavy (non-hydrogen) atoms. The molecule has 1 fully saturated rings. The topological polar surface area (TPSA) is 77.2 Å². The second-order valence-electron chi connectivity index (χ2n) is 6.13. The molecule has 1 aliphatic heterocycles. The number of thiazole rings is 1. The van der Waals surface area contributed by atoms with Gasteiger partial charge in [-0.25, -0.2) is 13.8 Å². The molecule has 1 atom stereocenters. The minimum absolute atomic E-state index is 0.113. The van der Waals surface area contributed by atoms with Crippen LogP contribution in [0.4, 0.5) is 13.9 Å². The first-order valence-corrected chi connectivity index (χ1v) is 9.42. The minimum atomic E-state index is -2.54. The lowest BCUT2D eigenvalue weighted by molar-refractivity contribution is 0.0819. The first kappa shape index (κ1) is 17.8. The minimum Gasteiger partial charge on any atom is -0.488 e. The zero-order valence-corrected chi connectivity index (χ0v) is 15.1. The van der Waals surface area contributed by atoms with Crippen LogP contribution < -0.4 is 9.64 Å². The number of ether oxygens (including phenoxy) is 1. The number of alkyl halides is 2. The number of pyridine rings is 1. The van der Waals surface area contributed by atoms with Gasteiger partial charge in [0.15, 0.2) is 5.13 Å². The number of hydrogen-bond acceptors (Lipinski definition) is 8. The van der Waals surface area contributed by atoms with Gasteiger partial charge in [0.1, 0.15) is 18.1 Å². The van der Waals surface area contributed by atoms with E-state index in [1.165, 1.54) is 18.3 Å². The van der Waals surface area contributed by atoms with Gasteiger partial charge in [-0.05, 0) is 18.9 Å². The van der Waals surface area contributed by atoms with Crippen molar-refractivity contribution in [1.29, 1.82) is 0 Å². The first-order chi connectivity index (χ1) is 13.2. The SMILES string of the molecule is FC(F)COc1ccnc(-c2noc(C3CCCN(c4nccs4)C3)n2)c1. The van der Waals surface area contributed by atoms with Gasteiger partial charge in [0.05, 0.1) is 5.92 Å². The molecule has 4 heterocycles. The van der Waals surface area contributed by atoms with Crippen molar-refractivity contribution < 1.29 is 18.0 Å². The number of halogens is 2. The summed E-state index contributed by atoms with van der Waals surface area (Å²) in [6.45, 7) is 1.05. The molecule has 3 aromatic rings. The average Bonchev–Trinajstić information content (AvgIpc) is 3.39. The molecule has 1 saturated heterocycles. The molecule has 4 rings (SSSR count). The molecular weight excluding hydrogens is 376 g/mol. The van der Waals surface area contributed by atoms with E-state index in [1.807, 2.05) is 5.38 Å². The van der Waals surface area contributed by atoms with Crippen LogP contribution in [0, 0.1) is 0 Å². The fourth-order valence-corrected chi connectivity index (χ4v) is 3.69. The van der Waals surface area contributed by atoms with Crippen LogP contribution in [0.3, 0.4) is 0 Å². The van der Waals surface area contributed by atoms with Gasteiger partial charge in [-0.15, -0.1) is 11.3 Å². The predicted octanol–water partition coefficient (Wildman–Crippen LogP) is 3.62. The van der Waals surface area contributed by atoms with E-state index in [0.29, 0.717) is 23.2 Å². The number of anilines is 1. The van der Waals surface area contributed by atoms with Crippen LogP contribution in [-0.2, 0) is 0 Å². The Kier molecular flexibility index (Phi) is 5.23. The number of piperidine rings is 1. The molecule has 0 spiro atoms. The number of rotatable bonds is 6. The van der Waals surface area contributed by atoms with Gasteiger partial charge in [-0.2, -0.15) is 4.98 Å². The van der Waals surface area contributed by atoms with Gasteiger partial charge < -0.3 is 14.2 Å². The van der Waals surface area contributed by atoms with Gasteiger partial charge in [-0.3, -0.25) is 4.98 Å². The van der Waals surface area contributed by atoms with Crippen molar-refractivity contribution in [2.75, 3.05) is 24.6 Å². The van der Waals surface area contributed by atoms with Gasteiger partial charge in [0.25, 0.3) is 6.43 Å². The highest BCUT2D eigenvalue weighted by molar-refractivity contribution is 7.13. The predicted molar refractivity (Wildman–Crippen MR) is 95.3 cm³/mol. The summed E-state index contributed by atoms with van der Waals surface area (Å²) in [5, 5.41) is 6.95. The van der Waals surface area contributed by atoms with Crippen molar-refractivity contribution in [3.63, 3.8) is 0 Å². The fraction of sp³-hybridized carbons (Fsp3) is 0.412. The standard InChI is InChI=1S/C17H17F2N5O2S/c18-14(19)10-25-12-3-4-20-13(8-12)15-22-16(26-23-15)11-2-1-6-24(9-11)17-21-5-7-27-17/h3-5,7-8,11,14H,1-2,6,9-10H2. The molecule has 7 nitrogen and oxygen atoms in total. The molecule has 0 saturated carbocycles. The maximum absolute atomic E-state index is 12.3. The monoisotopic (exact) mass is 393 g/mol. The van der Waals surface area contributed by atoms with Crippen molar-refractivity contribution in [2.24, 2.45) is 0 Å². The van der Waals surface area contributed by atoms with Crippen LogP contribution in [0.1, 0.15) is 24.7 Å². The van der Waals surface area contributed by atoms with Crippen LogP contribution in [0.5, 0.6) is 5.75 Å². The summed E-state index contributed by atoms with van der Waals surface area (Å²) in [4.78, 5) is 15.2. The van der Waals surface area contributed by atoms with Crippen LogP contribution in [0.2, 0.25) is 0 Å². The van der Waals surface area contributed by atoms with E-state index in [0.717, 1.165) is 31.1 Å². The van der Waals surface area contributed by atoms with E-state index in [9.17, 15) is 8.78 Å². The lowest BCUT2D eigenvalue weighted by Gasteiger charge is -2.30. The Morgan fingerprint density at radius 1 is 1.33 bits per heavy atom. The highest BCUT2D eigenvalue weighted by Gasteiger charge is 2.27. The van der Waals surface area contributed by atoms with Crippen LogP contribution in [0.25, 0.3) is 11.5 Å². The Hall–Kier alpha value is -2.62. The van der Waals surface area contributed by atoms with Crippen molar-refractivity contribution >= 4 is 16.5 Å². The summed E-state index contributed by atoms with van der Waals surface area (Å²) in [7, 11) is 0. The Balaban J connectivity index is 1.47. The highest BCUT2D eigenvalue weighted by Crippen LogP contribution is 2.31. The molecule has 0 bridgehead atoms. The normalized spacial score (nSPS) is 17.4. The average molecular weight is 393 g/mol. The molecule has 142 valence electrons. The van der Waals surface area contributed by atoms with Crippen molar-refractivity contribution in [3.05, 3.63) is 35.8 Å². The number of hydrogen-bond donors (Lipinski definition) is 0. The van der Waals surface area contributed by atoms with Crippen LogP contribution in [-0.4, -0.2) is 46.2 Å². The van der Waals surface area contributed by atoms with Gasteiger partial charge in [-0.1, -0.05) is 5.16 Å². The summed E-state index contributed by atoms with van der Waals surface area (Å²) in [5.41, 5.74) is 0.421. The highest BCUT2D eigenvalue weighted by atomic mass is 32.1. The van der Waals surface area contributed by atoms with E-state index in [2.05, 4.69) is 25.0 Å². The molecule has 1 aliphatic rings. The third-order valence-corrected chi connectivity index (χ3v) is 5.07. The summed E-state index contributed by atoms with van der Waals surface area (Å²) in [6.07, 6.45) is 2.69. The molecular formula is C17H17F2N5O2S. The zero-order chi connectivity index (χ0) is 18.6. The van der Waals surface area contributed by atoms with Gasteiger partial charge in [0.2, 0.25) is 11.7 Å². The number of nitrogens with zero attached hydrogens (tertiary/aromatic N) is 5. The number of aromatic nitrogens is 4. The van der Waals surface area contributed by atoms with E-state index in [4.69, 9.17) is 9.26 Å². The second kappa shape index (κ2) is 7.95. The molecule has 0 aliphatic carbocycles. The zero-order valence-electron chi connectivity index (χ0n) is 14.3. The third kappa shape index (κ3) is 4.21. The van der Waals surface area contributed by atoms with Gasteiger partial charge in [0, 0.05) is 36.9 Å². The van der Waals surface area contributed by atoms with Crippen molar-refractivity contribution in [1.82, 2.24) is 20.1 Å². The summed E-state index contributed by atoms with van der Waals surface area (Å²) in [5.74, 6) is 1.27. The molecule has 0 N–H and O–H groups in total. The first-order valence-electron chi connectivity index (χ1n) is 8.54. The molecule has 0 radical (unpaired) electrons. The van der Waals surface area contributed by atoms with E-state index < -0.39 is 13.0 Å². The molecule has 0 aromatic carbocycles. The molecule has 3 aromatic heterocycles. The molecule has 0 amide bonds. The fourth-order valence-electron chi connectivity index (χ4n) is 3.01. The van der Waals surface area contributed by atoms with E-state index >= 15 is 0 Å². The van der Waals surface area contributed by atoms with Crippen molar-refractivity contribution in [3.8, 4) is 17.3 Å². The van der Waals surface area contributed by atoms with Crippen LogP contribution in [0.15, 0.2) is 34.4 Å². The maximum Gasteiger partial charge on any atom is 0.272 e. The lowest BCUT2D eigenvalue weighted by atomic mass is 9.98. The summed E-state index contributed by atoms with van der Waals surface area (Å²) < 4.78 is 35.1. The largest absolute Gasteiger partial charge is 0.488 e. The Bertz CT molecular complexity index is 874. The summed E-state index contributed by atoms with van der Waals surface area (Å²) in [6, 6.07) is 3.04. The smallest absolute Gasteiger partial charge is 0.272 e. The van der Waals surface area contributed by atoms with E-state index in [1.54, 1.807) is 17.5 Å².